The molecule has 0 atom stereocenters. The number of hydrogen-bond donors (Lipinski definition) is 1. The molecule has 0 aliphatic carbocycles. The number of ether oxygens (including phenoxy) is 1. The quantitative estimate of drug-likeness (QED) is 0.854. The van der Waals surface area contributed by atoms with E-state index < -0.39 is 5.91 Å². The Balaban J connectivity index is 1.49. The van der Waals surface area contributed by atoms with Gasteiger partial charge < -0.3 is 15.4 Å². The van der Waals surface area contributed by atoms with Gasteiger partial charge in [0, 0.05) is 18.7 Å². The van der Waals surface area contributed by atoms with Crippen LogP contribution in [-0.4, -0.2) is 36.9 Å². The van der Waals surface area contributed by atoms with Crippen molar-refractivity contribution in [2.24, 2.45) is 11.7 Å². The average Bonchev–Trinajstić information content (AvgIpc) is 2.69. The van der Waals surface area contributed by atoms with Gasteiger partial charge in [0.05, 0.1) is 13.5 Å². The summed E-state index contributed by atoms with van der Waals surface area (Å²) in [5, 5.41) is 0. The lowest BCUT2D eigenvalue weighted by Crippen LogP contribution is -2.39. The summed E-state index contributed by atoms with van der Waals surface area (Å²) < 4.78 is 5.22. The smallest absolute Gasteiger partial charge is 0.248 e. The molecule has 5 nitrogen and oxygen atoms in total. The fraction of sp³-hybridized carbons (Fsp3) is 0.364. The maximum Gasteiger partial charge on any atom is 0.248 e. The van der Waals surface area contributed by atoms with Crippen LogP contribution in [0.4, 0.5) is 0 Å². The molecule has 2 aromatic carbocycles. The summed E-state index contributed by atoms with van der Waals surface area (Å²) in [6.07, 6.45) is 3.39. The topological polar surface area (TPSA) is 72.6 Å². The lowest BCUT2D eigenvalue weighted by molar-refractivity contribution is -0.131. The zero-order chi connectivity index (χ0) is 19.2. The highest BCUT2D eigenvalue weighted by Gasteiger charge is 2.23. The van der Waals surface area contributed by atoms with Crippen molar-refractivity contribution in [3.63, 3.8) is 0 Å². The minimum Gasteiger partial charge on any atom is -0.497 e. The molecule has 142 valence electrons. The molecule has 0 radical (unpaired) electrons. The number of piperidine rings is 1. The van der Waals surface area contributed by atoms with Crippen molar-refractivity contribution in [3.8, 4) is 5.75 Å². The minimum absolute atomic E-state index is 0.174. The summed E-state index contributed by atoms with van der Waals surface area (Å²) in [5.41, 5.74) is 8.01. The first-order valence-electron chi connectivity index (χ1n) is 9.34. The molecule has 1 fully saturated rings. The zero-order valence-corrected chi connectivity index (χ0v) is 15.7. The Morgan fingerprint density at radius 3 is 2.41 bits per heavy atom. The number of likely N-dealkylation sites (tertiary alicyclic amines) is 1. The zero-order valence-electron chi connectivity index (χ0n) is 15.7. The SMILES string of the molecule is COc1cccc(CC(=O)N2CCC(Cc3ccc(C(N)=O)cc3)CC2)c1. The van der Waals surface area contributed by atoms with E-state index in [2.05, 4.69) is 0 Å². The van der Waals surface area contributed by atoms with Gasteiger partial charge in [0.25, 0.3) is 0 Å². The first kappa shape index (κ1) is 19.0. The van der Waals surface area contributed by atoms with E-state index in [1.54, 1.807) is 19.2 Å². The van der Waals surface area contributed by atoms with E-state index in [9.17, 15) is 9.59 Å². The van der Waals surface area contributed by atoms with E-state index in [0.29, 0.717) is 17.9 Å². The Kier molecular flexibility index (Phi) is 6.12. The first-order chi connectivity index (χ1) is 13.0. The summed E-state index contributed by atoms with van der Waals surface area (Å²) in [7, 11) is 1.63. The van der Waals surface area contributed by atoms with Gasteiger partial charge in [-0.3, -0.25) is 9.59 Å². The molecular weight excluding hydrogens is 340 g/mol. The number of carbonyl (C=O) groups excluding carboxylic acids is 2. The molecule has 2 amide bonds. The van der Waals surface area contributed by atoms with E-state index in [1.807, 2.05) is 41.3 Å². The number of benzene rings is 2. The highest BCUT2D eigenvalue weighted by atomic mass is 16.5. The molecule has 3 rings (SSSR count). The van der Waals surface area contributed by atoms with Gasteiger partial charge in [-0.25, -0.2) is 0 Å². The number of amides is 2. The van der Waals surface area contributed by atoms with E-state index in [1.165, 1.54) is 5.56 Å². The number of carbonyl (C=O) groups is 2. The molecule has 2 aromatic rings. The van der Waals surface area contributed by atoms with Crippen LogP contribution in [0.25, 0.3) is 0 Å². The van der Waals surface area contributed by atoms with Crippen LogP contribution in [-0.2, 0) is 17.6 Å². The van der Waals surface area contributed by atoms with Crippen LogP contribution < -0.4 is 10.5 Å². The molecule has 0 aromatic heterocycles. The monoisotopic (exact) mass is 366 g/mol. The molecule has 5 heteroatoms. The number of rotatable bonds is 6. The third-order valence-corrected chi connectivity index (χ3v) is 5.22. The van der Waals surface area contributed by atoms with E-state index in [4.69, 9.17) is 10.5 Å². The summed E-state index contributed by atoms with van der Waals surface area (Å²) >= 11 is 0. The van der Waals surface area contributed by atoms with Gasteiger partial charge in [-0.15, -0.1) is 0 Å². The molecule has 0 bridgehead atoms. The average molecular weight is 366 g/mol. The van der Waals surface area contributed by atoms with Crippen LogP contribution in [0.1, 0.15) is 34.3 Å². The van der Waals surface area contributed by atoms with Crippen molar-refractivity contribution < 1.29 is 14.3 Å². The number of methoxy groups -OCH3 is 1. The molecule has 27 heavy (non-hydrogen) atoms. The van der Waals surface area contributed by atoms with E-state index in [0.717, 1.165) is 43.7 Å². The summed E-state index contributed by atoms with van der Waals surface area (Å²) in [5.74, 6) is 1.11. The molecule has 2 N–H and O–H groups in total. The molecule has 1 heterocycles. The second-order valence-corrected chi connectivity index (χ2v) is 7.12. The molecule has 1 aliphatic rings. The van der Waals surface area contributed by atoms with E-state index >= 15 is 0 Å². The van der Waals surface area contributed by atoms with Crippen LogP contribution >= 0.6 is 0 Å². The van der Waals surface area contributed by atoms with Gasteiger partial charge in [-0.1, -0.05) is 24.3 Å². The molecular formula is C22H26N2O3. The molecule has 0 spiro atoms. The van der Waals surface area contributed by atoms with Crippen LogP contribution in [0.2, 0.25) is 0 Å². The Hall–Kier alpha value is -2.82. The van der Waals surface area contributed by atoms with Gasteiger partial charge in [-0.05, 0) is 60.6 Å². The van der Waals surface area contributed by atoms with Crippen LogP contribution in [0, 0.1) is 5.92 Å². The van der Waals surface area contributed by atoms with Crippen LogP contribution in [0.5, 0.6) is 5.75 Å². The number of hydrogen-bond acceptors (Lipinski definition) is 3. The predicted octanol–water partition coefficient (Wildman–Crippen LogP) is 2.82. The molecule has 1 saturated heterocycles. The van der Waals surface area contributed by atoms with Crippen molar-refractivity contribution in [3.05, 3.63) is 65.2 Å². The third-order valence-electron chi connectivity index (χ3n) is 5.22. The Bertz CT molecular complexity index is 793. The predicted molar refractivity (Wildman–Crippen MR) is 105 cm³/mol. The summed E-state index contributed by atoms with van der Waals surface area (Å²) in [4.78, 5) is 25.7. The summed E-state index contributed by atoms with van der Waals surface area (Å²) in [6, 6.07) is 15.2. The molecule has 1 aliphatic heterocycles. The Labute approximate surface area is 160 Å². The maximum atomic E-state index is 12.6. The second kappa shape index (κ2) is 8.71. The fourth-order valence-corrected chi connectivity index (χ4v) is 3.59. The minimum atomic E-state index is -0.399. The lowest BCUT2D eigenvalue weighted by Gasteiger charge is -2.32. The van der Waals surface area contributed by atoms with Crippen molar-refractivity contribution in [1.29, 1.82) is 0 Å². The number of nitrogens with two attached hydrogens (primary N) is 1. The van der Waals surface area contributed by atoms with Crippen molar-refractivity contribution in [2.75, 3.05) is 20.2 Å². The second-order valence-electron chi connectivity index (χ2n) is 7.12. The highest BCUT2D eigenvalue weighted by Crippen LogP contribution is 2.23. The molecule has 0 saturated carbocycles. The van der Waals surface area contributed by atoms with Gasteiger partial charge in [-0.2, -0.15) is 0 Å². The lowest BCUT2D eigenvalue weighted by atomic mass is 9.89. The first-order valence-corrected chi connectivity index (χ1v) is 9.34. The number of primary amides is 1. The van der Waals surface area contributed by atoms with Crippen LogP contribution in [0.15, 0.2) is 48.5 Å². The fourth-order valence-electron chi connectivity index (χ4n) is 3.59. The van der Waals surface area contributed by atoms with Gasteiger partial charge in [0.15, 0.2) is 0 Å². The van der Waals surface area contributed by atoms with Gasteiger partial charge >= 0.3 is 0 Å². The normalized spacial score (nSPS) is 14.8. The Morgan fingerprint density at radius 1 is 1.07 bits per heavy atom. The summed E-state index contributed by atoms with van der Waals surface area (Å²) in [6.45, 7) is 1.60. The van der Waals surface area contributed by atoms with Gasteiger partial charge in [0.1, 0.15) is 5.75 Å². The maximum absolute atomic E-state index is 12.6. The Morgan fingerprint density at radius 2 is 1.78 bits per heavy atom. The molecule has 0 unspecified atom stereocenters. The highest BCUT2D eigenvalue weighted by molar-refractivity contribution is 5.92. The van der Waals surface area contributed by atoms with Crippen molar-refractivity contribution in [2.45, 2.75) is 25.7 Å². The van der Waals surface area contributed by atoms with E-state index in [-0.39, 0.29) is 5.91 Å². The van der Waals surface area contributed by atoms with Crippen molar-refractivity contribution in [1.82, 2.24) is 4.90 Å². The standard InChI is InChI=1S/C22H26N2O3/c1-27-20-4-2-3-18(14-20)15-21(25)24-11-9-17(10-12-24)13-16-5-7-19(8-6-16)22(23)26/h2-8,14,17H,9-13,15H2,1H3,(H2,23,26). The van der Waals surface area contributed by atoms with Gasteiger partial charge in [0.2, 0.25) is 11.8 Å². The third kappa shape index (κ3) is 5.09. The largest absolute Gasteiger partial charge is 0.497 e. The van der Waals surface area contributed by atoms with Crippen molar-refractivity contribution >= 4 is 11.8 Å². The van der Waals surface area contributed by atoms with Crippen LogP contribution in [0.3, 0.4) is 0 Å². The number of nitrogens with zero attached hydrogens (tertiary/aromatic N) is 1.